The minimum Gasteiger partial charge on any atom is -0.466 e. The maximum absolute atomic E-state index is 9.82. The van der Waals surface area contributed by atoms with E-state index in [0.29, 0.717) is 6.61 Å². The highest BCUT2D eigenvalue weighted by atomic mass is 16.5. The van der Waals surface area contributed by atoms with Crippen molar-refractivity contribution in [2.45, 2.75) is 13.8 Å². The van der Waals surface area contributed by atoms with Gasteiger partial charge < -0.3 is 4.74 Å². The highest BCUT2D eigenvalue weighted by molar-refractivity contribution is 5.65. The minimum atomic E-state index is -0.211. The summed E-state index contributed by atoms with van der Waals surface area (Å²) in [6, 6.07) is 108. The number of carbonyl (C=O) groups is 1. The average Bonchev–Trinajstić information content (AvgIpc) is 3.38. The second-order valence-electron chi connectivity index (χ2n) is 11.3. The first-order chi connectivity index (χ1) is 29.8. The third-order valence-corrected chi connectivity index (χ3v) is 6.35. The summed E-state index contributed by atoms with van der Waals surface area (Å²) in [7, 11) is 0. The van der Waals surface area contributed by atoms with Gasteiger partial charge in [-0.05, 0) is 6.92 Å². The molecule has 0 N–H and O–H groups in total. The summed E-state index contributed by atoms with van der Waals surface area (Å²) < 4.78 is 4.40. The van der Waals surface area contributed by atoms with Gasteiger partial charge in [0.15, 0.2) is 0 Å². The quantitative estimate of drug-likeness (QED) is 0.155. The molecule has 9 aromatic rings. The molecule has 2 nitrogen and oxygen atoms in total. The van der Waals surface area contributed by atoms with Gasteiger partial charge in [-0.3, -0.25) is 4.79 Å². The van der Waals surface area contributed by atoms with Crippen molar-refractivity contribution >= 4 is 5.97 Å². The predicted molar refractivity (Wildman–Crippen MR) is 260 cm³/mol. The molecule has 0 aliphatic rings. The summed E-state index contributed by atoms with van der Waals surface area (Å²) in [6.45, 7) is 3.65. The summed E-state index contributed by atoms with van der Waals surface area (Å²) in [5, 5.41) is 0. The molecular formula is C58H62O2. The fourth-order valence-corrected chi connectivity index (χ4v) is 3.67. The Bertz CT molecular complexity index is 1240. The van der Waals surface area contributed by atoms with Gasteiger partial charge in [-0.15, -0.1) is 0 Å². The van der Waals surface area contributed by atoms with Gasteiger partial charge in [0.25, 0.3) is 0 Å². The van der Waals surface area contributed by atoms with E-state index in [2.05, 4.69) is 4.74 Å². The lowest BCUT2D eigenvalue weighted by Gasteiger charge is -1.89. The molecular weight excluding hydrogens is 729 g/mol. The van der Waals surface area contributed by atoms with E-state index in [1.807, 2.05) is 328 Å². The SMILES string of the molecule is CCOC(C)=O.c1ccccc1.c1ccccc1.c1ccccc1.c1ccccc1.c1ccccc1.c1ccccc1.c1ccccc1.c1ccccc1.c1ccccc1. The number of ether oxygens (including phenoxy) is 1. The van der Waals surface area contributed by atoms with Gasteiger partial charge in [0.1, 0.15) is 0 Å². The molecule has 0 fully saturated rings. The molecule has 0 heterocycles. The molecule has 0 aliphatic carbocycles. The number of esters is 1. The smallest absolute Gasteiger partial charge is 0.302 e. The zero-order valence-corrected chi connectivity index (χ0v) is 35.2. The predicted octanol–water partition coefficient (Wildman–Crippen LogP) is 15.7. The van der Waals surface area contributed by atoms with Crippen LogP contribution >= 0.6 is 0 Å². The molecule has 60 heavy (non-hydrogen) atoms. The maximum Gasteiger partial charge on any atom is 0.302 e. The number of hydrogen-bond acceptors (Lipinski definition) is 2. The Kier molecular flexibility index (Phi) is 43.2. The second-order valence-corrected chi connectivity index (χ2v) is 11.3. The summed E-state index contributed by atoms with van der Waals surface area (Å²) in [6.07, 6.45) is 0. The minimum absolute atomic E-state index is 0.211. The number of rotatable bonds is 1. The Morgan fingerprint density at radius 3 is 0.300 bits per heavy atom. The number of carbonyl (C=O) groups excluding carboxylic acids is 1. The lowest BCUT2D eigenvalue weighted by molar-refractivity contribution is -0.140. The third kappa shape index (κ3) is 50.5. The van der Waals surface area contributed by atoms with Crippen molar-refractivity contribution in [1.82, 2.24) is 0 Å². The fourth-order valence-electron chi connectivity index (χ4n) is 3.67. The lowest BCUT2D eigenvalue weighted by Crippen LogP contribution is -1.95. The first-order valence-electron chi connectivity index (χ1n) is 19.9. The number of benzene rings is 9. The van der Waals surface area contributed by atoms with Crippen molar-refractivity contribution in [2.24, 2.45) is 0 Å². The largest absolute Gasteiger partial charge is 0.466 e. The van der Waals surface area contributed by atoms with Gasteiger partial charge in [-0.25, -0.2) is 0 Å². The van der Waals surface area contributed by atoms with Gasteiger partial charge in [0.2, 0.25) is 0 Å². The van der Waals surface area contributed by atoms with Crippen molar-refractivity contribution in [2.75, 3.05) is 6.61 Å². The average molecular weight is 791 g/mol. The molecule has 9 rings (SSSR count). The summed E-state index contributed by atoms with van der Waals surface area (Å²) in [5.41, 5.74) is 0. The normalized spacial score (nSPS) is 7.97. The van der Waals surface area contributed by atoms with Crippen LogP contribution in [0.2, 0.25) is 0 Å². The van der Waals surface area contributed by atoms with E-state index in [1.54, 1.807) is 6.92 Å². The molecule has 0 bridgehead atoms. The molecule has 0 radical (unpaired) electrons. The first-order valence-corrected chi connectivity index (χ1v) is 19.9. The van der Waals surface area contributed by atoms with Crippen molar-refractivity contribution < 1.29 is 9.53 Å². The van der Waals surface area contributed by atoms with Crippen LogP contribution in [0.1, 0.15) is 13.8 Å². The Labute approximate surface area is 362 Å². The first kappa shape index (κ1) is 52.5. The van der Waals surface area contributed by atoms with Crippen molar-refractivity contribution in [1.29, 1.82) is 0 Å². The molecule has 0 amide bonds. The summed E-state index contributed by atoms with van der Waals surface area (Å²) >= 11 is 0. The zero-order valence-electron chi connectivity index (χ0n) is 35.2. The van der Waals surface area contributed by atoms with Crippen LogP contribution in [-0.2, 0) is 9.53 Å². The maximum atomic E-state index is 9.82. The molecule has 0 aromatic heterocycles. The van der Waals surface area contributed by atoms with E-state index in [-0.39, 0.29) is 5.97 Å². The van der Waals surface area contributed by atoms with Crippen LogP contribution in [0.5, 0.6) is 0 Å². The summed E-state index contributed by atoms with van der Waals surface area (Å²) in [4.78, 5) is 9.82. The van der Waals surface area contributed by atoms with Gasteiger partial charge in [-0.1, -0.05) is 328 Å². The molecule has 0 unspecified atom stereocenters. The van der Waals surface area contributed by atoms with E-state index in [9.17, 15) is 4.79 Å². The van der Waals surface area contributed by atoms with Crippen LogP contribution in [0, 0.1) is 0 Å². The fraction of sp³-hybridized carbons (Fsp3) is 0.0517. The Hall–Kier alpha value is -7.55. The van der Waals surface area contributed by atoms with Crippen molar-refractivity contribution in [3.8, 4) is 0 Å². The van der Waals surface area contributed by atoms with Crippen LogP contribution in [0.15, 0.2) is 328 Å². The van der Waals surface area contributed by atoms with E-state index < -0.39 is 0 Å². The number of hydrogen-bond donors (Lipinski definition) is 0. The van der Waals surface area contributed by atoms with Crippen molar-refractivity contribution in [3.05, 3.63) is 328 Å². The van der Waals surface area contributed by atoms with Gasteiger partial charge in [-0.2, -0.15) is 0 Å². The van der Waals surface area contributed by atoms with E-state index >= 15 is 0 Å². The van der Waals surface area contributed by atoms with Crippen LogP contribution < -0.4 is 0 Å². The van der Waals surface area contributed by atoms with Crippen LogP contribution in [0.25, 0.3) is 0 Å². The zero-order chi connectivity index (χ0) is 43.2. The standard InChI is InChI=1S/9C6H6.C4H8O2/c9*1-2-4-6-5-3-1;1-3-6-4(2)5/h9*1-6H;3H2,1-2H3. The van der Waals surface area contributed by atoms with E-state index in [1.165, 1.54) is 6.92 Å². The van der Waals surface area contributed by atoms with E-state index in [0.717, 1.165) is 0 Å². The summed E-state index contributed by atoms with van der Waals surface area (Å²) in [5.74, 6) is -0.211. The van der Waals surface area contributed by atoms with Crippen molar-refractivity contribution in [3.63, 3.8) is 0 Å². The molecule has 0 atom stereocenters. The van der Waals surface area contributed by atoms with Gasteiger partial charge in [0.05, 0.1) is 6.61 Å². The molecule has 0 spiro atoms. The highest BCUT2D eigenvalue weighted by Crippen LogP contribution is 1.84. The van der Waals surface area contributed by atoms with Crippen LogP contribution in [0.3, 0.4) is 0 Å². The lowest BCUT2D eigenvalue weighted by atomic mass is 10.4. The second kappa shape index (κ2) is 49.5. The molecule has 0 saturated carbocycles. The Balaban J connectivity index is 0.000000645. The van der Waals surface area contributed by atoms with Crippen LogP contribution in [0.4, 0.5) is 0 Å². The van der Waals surface area contributed by atoms with Crippen LogP contribution in [-0.4, -0.2) is 12.6 Å². The van der Waals surface area contributed by atoms with Gasteiger partial charge in [0, 0.05) is 6.92 Å². The molecule has 306 valence electrons. The Morgan fingerprint density at radius 2 is 0.283 bits per heavy atom. The molecule has 0 saturated heterocycles. The molecule has 0 aliphatic heterocycles. The third-order valence-electron chi connectivity index (χ3n) is 6.35. The van der Waals surface area contributed by atoms with E-state index in [4.69, 9.17) is 0 Å². The topological polar surface area (TPSA) is 26.3 Å². The Morgan fingerprint density at radius 1 is 0.217 bits per heavy atom. The highest BCUT2D eigenvalue weighted by Gasteiger charge is 1.81. The monoisotopic (exact) mass is 790 g/mol. The molecule has 9 aromatic carbocycles. The van der Waals surface area contributed by atoms with Gasteiger partial charge >= 0.3 is 5.97 Å². The molecule has 2 heteroatoms.